The largest absolute Gasteiger partial charge is 0.412 e. The number of allylic oxidation sites excluding steroid dienone is 1. The van der Waals surface area contributed by atoms with Gasteiger partial charge in [-0.15, -0.1) is 0 Å². The van der Waals surface area contributed by atoms with Crippen LogP contribution in [-0.2, 0) is 9.47 Å². The standard InChI is InChI=1S/C15H19F3O2/c1-12(15(16,17)18)7-6-10-14(20-11-19-2)13-8-4-3-5-9-13/h3-5,8-9,14H,1,6-7,10-11H2,2H3. The minimum absolute atomic E-state index is 0.0802. The van der Waals surface area contributed by atoms with E-state index in [2.05, 4.69) is 6.58 Å². The van der Waals surface area contributed by atoms with Crippen molar-refractivity contribution in [2.45, 2.75) is 31.5 Å². The Morgan fingerprint density at radius 2 is 1.90 bits per heavy atom. The fraction of sp³-hybridized carbons (Fsp3) is 0.467. The van der Waals surface area contributed by atoms with Gasteiger partial charge in [-0.05, 0) is 24.8 Å². The van der Waals surface area contributed by atoms with Crippen LogP contribution < -0.4 is 0 Å². The normalized spacial score (nSPS) is 13.2. The Labute approximate surface area is 117 Å². The van der Waals surface area contributed by atoms with Gasteiger partial charge in [0.1, 0.15) is 6.79 Å². The average molecular weight is 288 g/mol. The lowest BCUT2D eigenvalue weighted by Crippen LogP contribution is -2.12. The van der Waals surface area contributed by atoms with Crippen LogP contribution in [0, 0.1) is 0 Å². The molecule has 0 saturated carbocycles. The second-order valence-electron chi connectivity index (χ2n) is 4.47. The molecule has 112 valence electrons. The molecule has 20 heavy (non-hydrogen) atoms. The summed E-state index contributed by atoms with van der Waals surface area (Å²) in [4.78, 5) is 0. The van der Waals surface area contributed by atoms with Gasteiger partial charge in [-0.2, -0.15) is 13.2 Å². The Morgan fingerprint density at radius 1 is 1.25 bits per heavy atom. The predicted molar refractivity (Wildman–Crippen MR) is 71.2 cm³/mol. The topological polar surface area (TPSA) is 18.5 Å². The van der Waals surface area contributed by atoms with Crippen molar-refractivity contribution in [3.8, 4) is 0 Å². The van der Waals surface area contributed by atoms with Crippen molar-refractivity contribution in [2.75, 3.05) is 13.9 Å². The van der Waals surface area contributed by atoms with Gasteiger partial charge in [0.2, 0.25) is 0 Å². The Balaban J connectivity index is 2.52. The van der Waals surface area contributed by atoms with Crippen LogP contribution in [0.5, 0.6) is 0 Å². The van der Waals surface area contributed by atoms with E-state index in [1.165, 1.54) is 7.11 Å². The zero-order valence-electron chi connectivity index (χ0n) is 11.5. The lowest BCUT2D eigenvalue weighted by Gasteiger charge is -2.18. The van der Waals surface area contributed by atoms with Crippen LogP contribution in [0.2, 0.25) is 0 Å². The molecule has 0 aliphatic heterocycles. The highest BCUT2D eigenvalue weighted by atomic mass is 19.4. The van der Waals surface area contributed by atoms with Crippen molar-refractivity contribution in [3.05, 3.63) is 48.0 Å². The summed E-state index contributed by atoms with van der Waals surface area (Å²) in [5, 5.41) is 0. The summed E-state index contributed by atoms with van der Waals surface area (Å²) < 4.78 is 47.4. The molecular weight excluding hydrogens is 269 g/mol. The Bertz CT molecular complexity index is 401. The molecule has 0 saturated heterocycles. The zero-order chi connectivity index (χ0) is 15.0. The lowest BCUT2D eigenvalue weighted by molar-refractivity contribution is -0.0952. The minimum atomic E-state index is -4.31. The fourth-order valence-corrected chi connectivity index (χ4v) is 1.81. The van der Waals surface area contributed by atoms with Crippen LogP contribution >= 0.6 is 0 Å². The quantitative estimate of drug-likeness (QED) is 0.512. The summed E-state index contributed by atoms with van der Waals surface area (Å²) in [6.07, 6.45) is -3.81. The molecule has 2 nitrogen and oxygen atoms in total. The molecule has 0 bridgehead atoms. The first-order valence-corrected chi connectivity index (χ1v) is 6.35. The third-order valence-corrected chi connectivity index (χ3v) is 2.90. The molecule has 1 unspecified atom stereocenters. The summed E-state index contributed by atoms with van der Waals surface area (Å²) in [5.41, 5.74) is 0.234. The highest BCUT2D eigenvalue weighted by Gasteiger charge is 2.31. The molecule has 1 rings (SSSR count). The molecule has 5 heteroatoms. The Morgan fingerprint density at radius 3 is 2.45 bits per heavy atom. The van der Waals surface area contributed by atoms with Crippen molar-refractivity contribution >= 4 is 0 Å². The number of ether oxygens (including phenoxy) is 2. The van der Waals surface area contributed by atoms with Gasteiger partial charge in [0.15, 0.2) is 0 Å². The summed E-state index contributed by atoms with van der Waals surface area (Å²) in [7, 11) is 1.51. The van der Waals surface area contributed by atoms with Crippen LogP contribution in [0.3, 0.4) is 0 Å². The third-order valence-electron chi connectivity index (χ3n) is 2.90. The van der Waals surface area contributed by atoms with Gasteiger partial charge in [0.05, 0.1) is 6.10 Å². The van der Waals surface area contributed by atoms with E-state index >= 15 is 0 Å². The van der Waals surface area contributed by atoms with E-state index in [-0.39, 0.29) is 19.3 Å². The van der Waals surface area contributed by atoms with E-state index in [9.17, 15) is 13.2 Å². The molecule has 1 aromatic rings. The maximum Gasteiger partial charge on any atom is 0.412 e. The van der Waals surface area contributed by atoms with Crippen molar-refractivity contribution < 1.29 is 22.6 Å². The maximum absolute atomic E-state index is 12.3. The van der Waals surface area contributed by atoms with Gasteiger partial charge in [-0.25, -0.2) is 0 Å². The van der Waals surface area contributed by atoms with E-state index < -0.39 is 11.7 Å². The fourth-order valence-electron chi connectivity index (χ4n) is 1.81. The number of alkyl halides is 3. The summed E-state index contributed by atoms with van der Waals surface area (Å²) in [6, 6.07) is 9.39. The van der Waals surface area contributed by atoms with Gasteiger partial charge in [-0.3, -0.25) is 0 Å². The monoisotopic (exact) mass is 288 g/mol. The number of hydrogen-bond donors (Lipinski definition) is 0. The first-order chi connectivity index (χ1) is 9.45. The molecule has 1 aromatic carbocycles. The Kier molecular flexibility index (Phi) is 6.75. The van der Waals surface area contributed by atoms with Crippen molar-refractivity contribution in [1.82, 2.24) is 0 Å². The predicted octanol–water partition coefficient (Wildman–Crippen LogP) is 4.64. The van der Waals surface area contributed by atoms with Crippen LogP contribution in [0.25, 0.3) is 0 Å². The second kappa shape index (κ2) is 8.07. The average Bonchev–Trinajstić information content (AvgIpc) is 2.42. The van der Waals surface area contributed by atoms with Crippen molar-refractivity contribution in [3.63, 3.8) is 0 Å². The van der Waals surface area contributed by atoms with Gasteiger partial charge < -0.3 is 9.47 Å². The summed E-state index contributed by atoms with van der Waals surface area (Å²) in [5.74, 6) is 0. The number of halogens is 3. The molecule has 0 aliphatic carbocycles. The van der Waals surface area contributed by atoms with Gasteiger partial charge in [0.25, 0.3) is 0 Å². The second-order valence-corrected chi connectivity index (χ2v) is 4.47. The highest BCUT2D eigenvalue weighted by molar-refractivity contribution is 5.17. The van der Waals surface area contributed by atoms with Gasteiger partial charge in [-0.1, -0.05) is 36.9 Å². The number of hydrogen-bond acceptors (Lipinski definition) is 2. The molecule has 0 fully saturated rings. The molecule has 0 N–H and O–H groups in total. The molecule has 1 atom stereocenters. The minimum Gasteiger partial charge on any atom is -0.359 e. The first kappa shape index (κ1) is 16.7. The van der Waals surface area contributed by atoms with Gasteiger partial charge in [0, 0.05) is 12.7 Å². The van der Waals surface area contributed by atoms with Crippen molar-refractivity contribution in [2.24, 2.45) is 0 Å². The molecule has 0 amide bonds. The van der Waals surface area contributed by atoms with E-state index in [1.807, 2.05) is 30.3 Å². The molecule has 0 radical (unpaired) electrons. The van der Waals surface area contributed by atoms with Crippen LogP contribution in [0.15, 0.2) is 42.5 Å². The lowest BCUT2D eigenvalue weighted by atomic mass is 10.0. The van der Waals surface area contributed by atoms with E-state index in [0.717, 1.165) is 5.56 Å². The summed E-state index contributed by atoms with van der Waals surface area (Å²) in [6.45, 7) is 3.18. The van der Waals surface area contributed by atoms with Crippen LogP contribution in [0.1, 0.15) is 30.9 Å². The Hall–Kier alpha value is -1.33. The summed E-state index contributed by atoms with van der Waals surface area (Å²) >= 11 is 0. The first-order valence-electron chi connectivity index (χ1n) is 6.35. The van der Waals surface area contributed by atoms with Gasteiger partial charge >= 0.3 is 6.18 Å². The number of rotatable bonds is 8. The smallest absolute Gasteiger partial charge is 0.359 e. The van der Waals surface area contributed by atoms with E-state index in [1.54, 1.807) is 0 Å². The molecule has 0 heterocycles. The maximum atomic E-state index is 12.3. The third kappa shape index (κ3) is 5.75. The zero-order valence-corrected chi connectivity index (χ0v) is 11.5. The molecular formula is C15H19F3O2. The highest BCUT2D eigenvalue weighted by Crippen LogP contribution is 2.30. The number of benzene rings is 1. The van der Waals surface area contributed by atoms with E-state index in [4.69, 9.17) is 9.47 Å². The van der Waals surface area contributed by atoms with Crippen molar-refractivity contribution in [1.29, 1.82) is 0 Å². The number of methoxy groups -OCH3 is 1. The van der Waals surface area contributed by atoms with Crippen LogP contribution in [-0.4, -0.2) is 20.1 Å². The van der Waals surface area contributed by atoms with E-state index in [0.29, 0.717) is 12.8 Å². The molecule has 0 spiro atoms. The SMILES string of the molecule is C=C(CCCC(OCOC)c1ccccc1)C(F)(F)F. The molecule has 0 aliphatic rings. The molecule has 0 aromatic heterocycles. The van der Waals surface area contributed by atoms with Crippen LogP contribution in [0.4, 0.5) is 13.2 Å².